The molecule has 0 aliphatic carbocycles. The first-order chi connectivity index (χ1) is 2.41. The van der Waals surface area contributed by atoms with E-state index in [1.165, 1.54) is 0 Å². The molecular weight excluding hydrogens is 255 g/mol. The van der Waals surface area contributed by atoms with Crippen LogP contribution in [-0.2, 0) is 21.1 Å². The van der Waals surface area contributed by atoms with E-state index in [1.807, 2.05) is 6.08 Å². The Bertz CT molecular complexity index is 25.1. The van der Waals surface area contributed by atoms with Crippen molar-refractivity contribution >= 4 is 0 Å². The average Bonchev–Trinajstić information content (AvgIpc) is 1.41. The molecule has 0 saturated heterocycles. The number of rotatable bonds is 2. The van der Waals surface area contributed by atoms with E-state index in [0.29, 0.717) is 0 Å². The minimum absolute atomic E-state index is 0. The Morgan fingerprint density at radius 2 is 2.17 bits per heavy atom. The van der Waals surface area contributed by atoms with Gasteiger partial charge < -0.3 is 6.92 Å². The van der Waals surface area contributed by atoms with Crippen LogP contribution in [-0.4, -0.2) is 0 Å². The summed E-state index contributed by atoms with van der Waals surface area (Å²) >= 11 is 0. The summed E-state index contributed by atoms with van der Waals surface area (Å²) in [5.74, 6) is 0. The van der Waals surface area contributed by atoms with Gasteiger partial charge in [0.1, 0.15) is 0 Å². The molecular formula is C5H10Pt. The molecule has 0 nitrogen and oxygen atoms in total. The molecule has 0 spiro atoms. The van der Waals surface area contributed by atoms with Crippen molar-refractivity contribution < 1.29 is 21.1 Å². The molecule has 0 atom stereocenters. The van der Waals surface area contributed by atoms with Crippen LogP contribution in [0.25, 0.3) is 0 Å². The third kappa shape index (κ3) is 8.83. The number of hydrogen-bond acceptors (Lipinski definition) is 0. The van der Waals surface area contributed by atoms with Crippen molar-refractivity contribution in [2.24, 2.45) is 0 Å². The van der Waals surface area contributed by atoms with Crippen LogP contribution in [0.5, 0.6) is 0 Å². The van der Waals surface area contributed by atoms with E-state index >= 15 is 0 Å². The van der Waals surface area contributed by atoms with E-state index in [4.69, 9.17) is 0 Å². The predicted molar refractivity (Wildman–Crippen MR) is 26.2 cm³/mol. The molecule has 6 heavy (non-hydrogen) atoms. The summed E-state index contributed by atoms with van der Waals surface area (Å²) in [4.78, 5) is 0. The van der Waals surface area contributed by atoms with E-state index in [2.05, 4.69) is 13.5 Å². The topological polar surface area (TPSA) is 0 Å². The second-order valence-electron chi connectivity index (χ2n) is 0.931. The van der Waals surface area contributed by atoms with Crippen LogP contribution in [0.3, 0.4) is 0 Å². The van der Waals surface area contributed by atoms with E-state index in [1.54, 1.807) is 0 Å². The summed E-state index contributed by atoms with van der Waals surface area (Å²) in [6.45, 7) is 7.11. The summed E-state index contributed by atoms with van der Waals surface area (Å²) in [6.07, 6.45) is 3.89. The molecule has 0 rings (SSSR count). The van der Waals surface area contributed by atoms with Gasteiger partial charge in [-0.25, -0.2) is 0 Å². The fourth-order valence-electron chi connectivity index (χ4n) is 0.144. The van der Waals surface area contributed by atoms with Crippen LogP contribution in [0.1, 0.15) is 12.8 Å². The quantitative estimate of drug-likeness (QED) is 0.524. The Hall–Kier alpha value is 0.428. The van der Waals surface area contributed by atoms with Gasteiger partial charge in [-0.2, -0.15) is 6.42 Å². The van der Waals surface area contributed by atoms with Gasteiger partial charge in [0.2, 0.25) is 0 Å². The number of unbranched alkanes of at least 4 members (excludes halogenated alkanes) is 1. The number of hydrogen-bond donors (Lipinski definition) is 0. The summed E-state index contributed by atoms with van der Waals surface area (Å²) in [6, 6.07) is 0. The van der Waals surface area contributed by atoms with E-state index in [-0.39, 0.29) is 21.1 Å². The molecule has 0 aliphatic rings. The fourth-order valence-corrected chi connectivity index (χ4v) is 0.144. The maximum absolute atomic E-state index is 3.60. The van der Waals surface area contributed by atoms with Gasteiger partial charge in [0.25, 0.3) is 0 Å². The van der Waals surface area contributed by atoms with Gasteiger partial charge in [0.15, 0.2) is 0 Å². The van der Waals surface area contributed by atoms with E-state index in [9.17, 15) is 0 Å². The Morgan fingerprint density at radius 1 is 1.67 bits per heavy atom. The summed E-state index contributed by atoms with van der Waals surface area (Å²) in [5, 5.41) is 0. The molecule has 0 N–H and O–H groups in total. The first kappa shape index (κ1) is 9.66. The van der Waals surface area contributed by atoms with Crippen molar-refractivity contribution in [1.82, 2.24) is 0 Å². The van der Waals surface area contributed by atoms with Crippen molar-refractivity contribution in [1.29, 1.82) is 0 Å². The van der Waals surface area contributed by atoms with Crippen LogP contribution in [0, 0.1) is 6.92 Å². The third-order valence-corrected chi connectivity index (χ3v) is 0.408. The molecule has 0 aromatic rings. The Labute approximate surface area is 53.9 Å². The fraction of sp³-hybridized carbons (Fsp3) is 0.400. The summed E-state index contributed by atoms with van der Waals surface area (Å²) in [7, 11) is 0. The SMILES string of the molecule is C=CCC[CH2-].[PtH+]. The Balaban J connectivity index is 0. The standard InChI is InChI=1S/C5H9.Pt.H/c1-3-5-4-2;;/h3H,1-2,4-5H2;;/q-1;+1;. The molecule has 1 heteroatoms. The van der Waals surface area contributed by atoms with Gasteiger partial charge >= 0.3 is 21.1 Å². The second kappa shape index (κ2) is 9.06. The third-order valence-electron chi connectivity index (χ3n) is 0.408. The molecule has 0 amide bonds. The van der Waals surface area contributed by atoms with Gasteiger partial charge in [-0.15, -0.1) is 6.58 Å². The maximum atomic E-state index is 3.60. The molecule has 40 valence electrons. The predicted octanol–water partition coefficient (Wildman–Crippen LogP) is 1.52. The van der Waals surface area contributed by atoms with Crippen molar-refractivity contribution in [3.8, 4) is 0 Å². The zero-order valence-corrected chi connectivity index (χ0v) is 6.13. The molecule has 0 fully saturated rings. The first-order valence-corrected chi connectivity index (χ1v) is 1.82. The molecule has 0 aromatic carbocycles. The molecule has 0 saturated carbocycles. The molecule has 1 radical (unpaired) electrons. The average molecular weight is 265 g/mol. The summed E-state index contributed by atoms with van der Waals surface area (Å²) < 4.78 is 0. The van der Waals surface area contributed by atoms with Crippen LogP contribution in [0.4, 0.5) is 0 Å². The second-order valence-corrected chi connectivity index (χ2v) is 0.931. The van der Waals surface area contributed by atoms with Gasteiger partial charge in [-0.05, 0) is 0 Å². The number of allylic oxidation sites excluding steroid dienone is 1. The Kier molecular flexibility index (Phi) is 14.6. The first-order valence-electron chi connectivity index (χ1n) is 1.82. The van der Waals surface area contributed by atoms with Gasteiger partial charge in [0.05, 0.1) is 0 Å². The minimum atomic E-state index is 0. The van der Waals surface area contributed by atoms with Crippen molar-refractivity contribution in [2.75, 3.05) is 0 Å². The summed E-state index contributed by atoms with van der Waals surface area (Å²) in [5.41, 5.74) is 0. The molecule has 0 bridgehead atoms. The van der Waals surface area contributed by atoms with Crippen molar-refractivity contribution in [2.45, 2.75) is 12.8 Å². The van der Waals surface area contributed by atoms with E-state index in [0.717, 1.165) is 12.8 Å². The Morgan fingerprint density at radius 3 is 2.17 bits per heavy atom. The van der Waals surface area contributed by atoms with Gasteiger partial charge in [0, 0.05) is 0 Å². The molecule has 0 aromatic heterocycles. The van der Waals surface area contributed by atoms with Gasteiger partial charge in [-0.3, -0.25) is 0 Å². The van der Waals surface area contributed by atoms with Crippen LogP contribution in [0.15, 0.2) is 12.7 Å². The van der Waals surface area contributed by atoms with Gasteiger partial charge in [-0.1, -0.05) is 12.5 Å². The monoisotopic (exact) mass is 265 g/mol. The molecule has 0 heterocycles. The van der Waals surface area contributed by atoms with Crippen LogP contribution < -0.4 is 0 Å². The zero-order valence-electron chi connectivity index (χ0n) is 3.74. The van der Waals surface area contributed by atoms with Crippen molar-refractivity contribution in [3.05, 3.63) is 19.6 Å². The van der Waals surface area contributed by atoms with Crippen LogP contribution in [0.2, 0.25) is 0 Å². The zero-order chi connectivity index (χ0) is 4.12. The van der Waals surface area contributed by atoms with Crippen molar-refractivity contribution in [3.63, 3.8) is 0 Å². The normalized spacial score (nSPS) is 6.17. The molecule has 0 aliphatic heterocycles. The molecule has 0 unspecified atom stereocenters. The van der Waals surface area contributed by atoms with E-state index < -0.39 is 0 Å². The van der Waals surface area contributed by atoms with Crippen LogP contribution >= 0.6 is 0 Å².